The lowest BCUT2D eigenvalue weighted by Gasteiger charge is -2.12. The van der Waals surface area contributed by atoms with Crippen LogP contribution in [0.25, 0.3) is 6.08 Å². The van der Waals surface area contributed by atoms with Crippen LogP contribution in [0.5, 0.6) is 0 Å². The lowest BCUT2D eigenvalue weighted by atomic mass is 10.2. The van der Waals surface area contributed by atoms with Gasteiger partial charge in [-0.05, 0) is 24.5 Å². The molecule has 0 atom stereocenters. The van der Waals surface area contributed by atoms with E-state index in [2.05, 4.69) is 16.0 Å². The summed E-state index contributed by atoms with van der Waals surface area (Å²) in [5, 5.41) is 7.20. The van der Waals surface area contributed by atoms with Gasteiger partial charge in [-0.1, -0.05) is 43.2 Å². The van der Waals surface area contributed by atoms with Gasteiger partial charge in [-0.2, -0.15) is 0 Å². The van der Waals surface area contributed by atoms with E-state index in [9.17, 15) is 19.2 Å². The van der Waals surface area contributed by atoms with Crippen LogP contribution in [0.2, 0.25) is 0 Å². The first-order valence-electron chi connectivity index (χ1n) is 8.76. The summed E-state index contributed by atoms with van der Waals surface area (Å²) in [5.74, 6) is -2.07. The Morgan fingerprint density at radius 1 is 1.07 bits per heavy atom. The zero-order valence-corrected chi connectivity index (χ0v) is 15.1. The number of carbonyl (C=O) groups excluding carboxylic acids is 4. The third kappa shape index (κ3) is 7.31. The lowest BCUT2D eigenvalue weighted by Crippen LogP contribution is -2.45. The van der Waals surface area contributed by atoms with Crippen molar-refractivity contribution in [2.24, 2.45) is 0 Å². The molecule has 0 bridgehead atoms. The van der Waals surface area contributed by atoms with Crippen molar-refractivity contribution < 1.29 is 23.9 Å². The maximum Gasteiger partial charge on any atom is 0.355 e. The van der Waals surface area contributed by atoms with Gasteiger partial charge >= 0.3 is 12.0 Å². The van der Waals surface area contributed by atoms with Gasteiger partial charge in [0.2, 0.25) is 5.91 Å². The first-order valence-corrected chi connectivity index (χ1v) is 8.76. The molecule has 1 saturated carbocycles. The van der Waals surface area contributed by atoms with Crippen molar-refractivity contribution in [1.82, 2.24) is 16.0 Å². The molecule has 0 spiro atoms. The molecule has 1 aromatic rings. The summed E-state index contributed by atoms with van der Waals surface area (Å²) in [4.78, 5) is 47.0. The number of ether oxygens (including phenoxy) is 1. The monoisotopic (exact) mass is 373 g/mol. The van der Waals surface area contributed by atoms with Gasteiger partial charge in [-0.15, -0.1) is 0 Å². The van der Waals surface area contributed by atoms with Crippen molar-refractivity contribution in [3.05, 3.63) is 41.6 Å². The fourth-order valence-electron chi connectivity index (χ4n) is 2.71. The average Bonchev–Trinajstić information content (AvgIpc) is 3.12. The Morgan fingerprint density at radius 2 is 1.74 bits per heavy atom. The fraction of sp³-hybridized carbons (Fsp3) is 0.368. The summed E-state index contributed by atoms with van der Waals surface area (Å²) in [5.41, 5.74) is 0.579. The van der Waals surface area contributed by atoms with Crippen molar-refractivity contribution in [2.45, 2.75) is 38.6 Å². The molecule has 0 saturated heterocycles. The highest BCUT2D eigenvalue weighted by molar-refractivity contribution is 6.00. The van der Waals surface area contributed by atoms with E-state index in [0.29, 0.717) is 5.56 Å². The third-order valence-electron chi connectivity index (χ3n) is 3.92. The number of amides is 4. The van der Waals surface area contributed by atoms with Crippen LogP contribution >= 0.6 is 0 Å². The first kappa shape index (κ1) is 20.2. The minimum absolute atomic E-state index is 0.0699. The van der Waals surface area contributed by atoms with Crippen molar-refractivity contribution in [1.29, 1.82) is 0 Å². The predicted molar refractivity (Wildman–Crippen MR) is 98.1 cm³/mol. The van der Waals surface area contributed by atoms with Crippen LogP contribution in [0.4, 0.5) is 4.79 Å². The number of imide groups is 1. The smallest absolute Gasteiger partial charge is 0.355 e. The summed E-state index contributed by atoms with van der Waals surface area (Å²) in [6.07, 6.45) is 5.32. The van der Waals surface area contributed by atoms with Crippen LogP contribution in [-0.4, -0.2) is 36.5 Å². The highest BCUT2D eigenvalue weighted by atomic mass is 16.5. The molecule has 1 fully saturated rings. The van der Waals surface area contributed by atoms with Gasteiger partial charge in [0.15, 0.2) is 6.61 Å². The molecule has 3 N–H and O–H groups in total. The maximum absolute atomic E-state index is 12.2. The Hall–Kier alpha value is -3.16. The molecule has 8 heteroatoms. The van der Waals surface area contributed by atoms with Gasteiger partial charge in [0.05, 0.1) is 0 Å². The summed E-state index contributed by atoms with van der Waals surface area (Å²) < 4.78 is 4.90. The van der Waals surface area contributed by atoms with E-state index in [0.717, 1.165) is 25.7 Å². The molecule has 4 amide bonds. The molecular weight excluding hydrogens is 350 g/mol. The summed E-state index contributed by atoms with van der Waals surface area (Å²) in [7, 11) is 0. The molecule has 0 heterocycles. The topological polar surface area (TPSA) is 114 Å². The molecular formula is C19H23N3O5. The Morgan fingerprint density at radius 3 is 2.37 bits per heavy atom. The van der Waals surface area contributed by atoms with E-state index >= 15 is 0 Å². The number of rotatable bonds is 6. The maximum atomic E-state index is 12.2. The van der Waals surface area contributed by atoms with Crippen LogP contribution in [0.15, 0.2) is 36.0 Å². The summed E-state index contributed by atoms with van der Waals surface area (Å²) in [6.45, 7) is 0.620. The number of hydrogen-bond acceptors (Lipinski definition) is 5. The standard InChI is InChI=1S/C19H23N3O5/c1-13(23)20-16(11-14-7-3-2-4-8-14)18(25)27-12-17(24)22-19(26)21-15-9-5-6-10-15/h2-4,7-8,11,15H,5-6,9-10,12H2,1H3,(H,20,23)(H2,21,22,24,26)/b16-11-. The third-order valence-corrected chi connectivity index (χ3v) is 3.92. The Balaban J connectivity index is 1.86. The molecule has 0 radical (unpaired) electrons. The molecule has 0 unspecified atom stereocenters. The van der Waals surface area contributed by atoms with E-state index in [1.807, 2.05) is 6.07 Å². The van der Waals surface area contributed by atoms with E-state index in [1.54, 1.807) is 24.3 Å². The van der Waals surface area contributed by atoms with Crippen molar-refractivity contribution in [2.75, 3.05) is 6.61 Å². The second-order valence-electron chi connectivity index (χ2n) is 6.23. The average molecular weight is 373 g/mol. The minimum Gasteiger partial charge on any atom is -0.451 e. The minimum atomic E-state index is -0.875. The molecule has 27 heavy (non-hydrogen) atoms. The van der Waals surface area contributed by atoms with Gasteiger partial charge < -0.3 is 15.4 Å². The molecule has 0 aliphatic heterocycles. The number of benzene rings is 1. The van der Waals surface area contributed by atoms with E-state index < -0.39 is 30.4 Å². The van der Waals surface area contributed by atoms with Crippen molar-refractivity contribution in [3.63, 3.8) is 0 Å². The molecule has 2 rings (SSSR count). The lowest BCUT2D eigenvalue weighted by molar-refractivity contribution is -0.145. The Bertz CT molecular complexity index is 724. The van der Waals surface area contributed by atoms with Crippen LogP contribution in [0, 0.1) is 0 Å². The number of nitrogens with one attached hydrogen (secondary N) is 3. The zero-order chi connectivity index (χ0) is 19.6. The number of carbonyl (C=O) groups is 4. The molecule has 0 aromatic heterocycles. The summed E-state index contributed by atoms with van der Waals surface area (Å²) in [6, 6.07) is 8.32. The number of urea groups is 1. The van der Waals surface area contributed by atoms with E-state index in [4.69, 9.17) is 4.74 Å². The number of hydrogen-bond donors (Lipinski definition) is 3. The molecule has 1 aliphatic rings. The fourth-order valence-corrected chi connectivity index (χ4v) is 2.71. The van der Waals surface area contributed by atoms with Gasteiger partial charge in [-0.25, -0.2) is 9.59 Å². The van der Waals surface area contributed by atoms with Gasteiger partial charge in [0, 0.05) is 13.0 Å². The Kier molecular flexibility index (Phi) is 7.54. The van der Waals surface area contributed by atoms with Crippen LogP contribution in [0.1, 0.15) is 38.2 Å². The molecule has 144 valence electrons. The Labute approximate surface area is 157 Å². The first-order chi connectivity index (χ1) is 12.9. The molecule has 8 nitrogen and oxygen atoms in total. The van der Waals surface area contributed by atoms with Crippen LogP contribution in [0.3, 0.4) is 0 Å². The molecule has 1 aromatic carbocycles. The van der Waals surface area contributed by atoms with Gasteiger partial charge in [-0.3, -0.25) is 14.9 Å². The predicted octanol–water partition coefficient (Wildman–Crippen LogP) is 1.48. The highest BCUT2D eigenvalue weighted by Crippen LogP contribution is 2.17. The zero-order valence-electron chi connectivity index (χ0n) is 15.1. The summed E-state index contributed by atoms with van der Waals surface area (Å²) >= 11 is 0. The largest absolute Gasteiger partial charge is 0.451 e. The quantitative estimate of drug-likeness (QED) is 0.516. The second-order valence-corrected chi connectivity index (χ2v) is 6.23. The second kappa shape index (κ2) is 10.1. The number of esters is 1. The van der Waals surface area contributed by atoms with Crippen molar-refractivity contribution in [3.8, 4) is 0 Å². The SMILES string of the molecule is CC(=O)N/C(=C\c1ccccc1)C(=O)OCC(=O)NC(=O)NC1CCCC1. The van der Waals surface area contributed by atoms with Crippen LogP contribution < -0.4 is 16.0 Å². The van der Waals surface area contributed by atoms with E-state index in [-0.39, 0.29) is 11.7 Å². The van der Waals surface area contributed by atoms with Crippen LogP contribution in [-0.2, 0) is 19.1 Å². The normalized spacial score (nSPS) is 14.3. The van der Waals surface area contributed by atoms with Gasteiger partial charge in [0.25, 0.3) is 5.91 Å². The highest BCUT2D eigenvalue weighted by Gasteiger charge is 2.19. The molecule has 1 aliphatic carbocycles. The van der Waals surface area contributed by atoms with Crippen molar-refractivity contribution >= 4 is 29.9 Å². The van der Waals surface area contributed by atoms with Gasteiger partial charge in [0.1, 0.15) is 5.70 Å². The van der Waals surface area contributed by atoms with E-state index in [1.165, 1.54) is 13.0 Å².